The molecule has 0 spiro atoms. The summed E-state index contributed by atoms with van der Waals surface area (Å²) in [4.78, 5) is 23.5. The molecule has 128 valence electrons. The Balaban J connectivity index is 1.75. The van der Waals surface area contributed by atoms with E-state index in [2.05, 4.69) is 26.6 Å². The first-order chi connectivity index (χ1) is 12.0. The van der Waals surface area contributed by atoms with Crippen molar-refractivity contribution < 1.29 is 9.59 Å². The lowest BCUT2D eigenvalue weighted by atomic mass is 10.2. The van der Waals surface area contributed by atoms with Gasteiger partial charge in [-0.1, -0.05) is 18.2 Å². The number of carbonyl (C=O) groups excluding carboxylic acids is 2. The molecule has 0 fully saturated rings. The molecule has 0 unspecified atom stereocenters. The third-order valence-electron chi connectivity index (χ3n) is 3.94. The number of halogens is 1. The summed E-state index contributed by atoms with van der Waals surface area (Å²) in [5.41, 5.74) is 3.41. The highest BCUT2D eigenvalue weighted by Crippen LogP contribution is 2.30. The van der Waals surface area contributed by atoms with E-state index in [1.54, 1.807) is 24.3 Å². The van der Waals surface area contributed by atoms with E-state index >= 15 is 0 Å². The first kappa shape index (κ1) is 17.2. The topological polar surface area (TPSA) is 63.1 Å². The average Bonchev–Trinajstić information content (AvgIpc) is 2.82. The molecule has 1 aromatic heterocycles. The maximum atomic E-state index is 12.4. The maximum Gasteiger partial charge on any atom is 0.244 e. The molecule has 5 nitrogen and oxygen atoms in total. The van der Waals surface area contributed by atoms with Crippen molar-refractivity contribution in [3.05, 3.63) is 58.7 Å². The number of hydrogen-bond acceptors (Lipinski definition) is 2. The van der Waals surface area contributed by atoms with Gasteiger partial charge in [0.05, 0.1) is 0 Å². The fourth-order valence-electron chi connectivity index (χ4n) is 2.78. The van der Waals surface area contributed by atoms with Crippen LogP contribution in [-0.2, 0) is 16.1 Å². The van der Waals surface area contributed by atoms with Gasteiger partial charge in [0.25, 0.3) is 0 Å². The second kappa shape index (κ2) is 7.11. The number of amides is 2. The molecule has 0 atom stereocenters. The third-order valence-corrected chi connectivity index (χ3v) is 4.95. The van der Waals surface area contributed by atoms with Crippen molar-refractivity contribution in [2.24, 2.45) is 0 Å². The minimum Gasteiger partial charge on any atom is -0.334 e. The molecule has 0 bridgehead atoms. The number of aromatic nitrogens is 1. The van der Waals surface area contributed by atoms with Crippen LogP contribution < -0.4 is 10.6 Å². The van der Waals surface area contributed by atoms with Crippen LogP contribution in [0.5, 0.6) is 0 Å². The van der Waals surface area contributed by atoms with Gasteiger partial charge in [-0.3, -0.25) is 9.59 Å². The summed E-state index contributed by atoms with van der Waals surface area (Å²) in [5.74, 6) is -0.235. The Morgan fingerprint density at radius 1 is 1.00 bits per heavy atom. The highest BCUT2D eigenvalue weighted by molar-refractivity contribution is 9.10. The smallest absolute Gasteiger partial charge is 0.244 e. The van der Waals surface area contributed by atoms with E-state index in [1.165, 1.54) is 6.92 Å². The van der Waals surface area contributed by atoms with Gasteiger partial charge in [0, 0.05) is 39.4 Å². The normalized spacial score (nSPS) is 10.7. The Morgan fingerprint density at radius 3 is 2.24 bits per heavy atom. The van der Waals surface area contributed by atoms with E-state index in [0.717, 1.165) is 21.1 Å². The molecule has 1 heterocycles. The molecule has 3 rings (SSSR count). The van der Waals surface area contributed by atoms with Crippen LogP contribution in [0.2, 0.25) is 0 Å². The Labute approximate surface area is 154 Å². The summed E-state index contributed by atoms with van der Waals surface area (Å²) in [6.07, 6.45) is 0. The standard InChI is InChI=1S/C19H18BrN3O2/c1-12-19(20)16-5-3-4-6-17(16)23(12)11-18(25)22-15-9-7-14(8-10-15)21-13(2)24/h3-10H,11H2,1-2H3,(H,21,24)(H,22,25). The predicted octanol–water partition coefficient (Wildman–Crippen LogP) is 4.31. The Hall–Kier alpha value is -2.60. The van der Waals surface area contributed by atoms with Crippen LogP contribution in [0.15, 0.2) is 53.0 Å². The van der Waals surface area contributed by atoms with Gasteiger partial charge in [0.2, 0.25) is 11.8 Å². The zero-order valence-corrected chi connectivity index (χ0v) is 15.6. The van der Waals surface area contributed by atoms with Crippen molar-refractivity contribution in [3.63, 3.8) is 0 Å². The first-order valence-corrected chi connectivity index (χ1v) is 8.66. The fraction of sp³-hybridized carbons (Fsp3) is 0.158. The number of benzene rings is 2. The van der Waals surface area contributed by atoms with Crippen molar-refractivity contribution in [1.29, 1.82) is 0 Å². The van der Waals surface area contributed by atoms with Gasteiger partial charge >= 0.3 is 0 Å². The lowest BCUT2D eigenvalue weighted by Crippen LogP contribution is -2.19. The fourth-order valence-corrected chi connectivity index (χ4v) is 3.33. The van der Waals surface area contributed by atoms with Crippen LogP contribution in [0.3, 0.4) is 0 Å². The Morgan fingerprint density at radius 2 is 1.60 bits per heavy atom. The van der Waals surface area contributed by atoms with Crippen LogP contribution >= 0.6 is 15.9 Å². The van der Waals surface area contributed by atoms with Crippen molar-refractivity contribution in [2.45, 2.75) is 20.4 Å². The number of rotatable bonds is 4. The van der Waals surface area contributed by atoms with Gasteiger partial charge in [0.1, 0.15) is 6.54 Å². The van der Waals surface area contributed by atoms with Gasteiger partial charge in [-0.15, -0.1) is 0 Å². The summed E-state index contributed by atoms with van der Waals surface area (Å²) in [5, 5.41) is 6.67. The van der Waals surface area contributed by atoms with Crippen LogP contribution in [0.1, 0.15) is 12.6 Å². The lowest BCUT2D eigenvalue weighted by molar-refractivity contribution is -0.117. The first-order valence-electron chi connectivity index (χ1n) is 7.86. The van der Waals surface area contributed by atoms with Gasteiger partial charge in [0.15, 0.2) is 0 Å². The summed E-state index contributed by atoms with van der Waals surface area (Å²) >= 11 is 3.60. The largest absolute Gasteiger partial charge is 0.334 e. The molecular weight excluding hydrogens is 382 g/mol. The second-order valence-corrected chi connectivity index (χ2v) is 6.60. The van der Waals surface area contributed by atoms with Crippen molar-refractivity contribution in [1.82, 2.24) is 4.57 Å². The highest BCUT2D eigenvalue weighted by atomic mass is 79.9. The molecule has 0 saturated carbocycles. The van der Waals surface area contributed by atoms with E-state index < -0.39 is 0 Å². The second-order valence-electron chi connectivity index (χ2n) is 5.81. The van der Waals surface area contributed by atoms with E-state index in [1.807, 2.05) is 35.8 Å². The number of para-hydroxylation sites is 1. The molecule has 0 aliphatic carbocycles. The molecule has 2 aromatic carbocycles. The number of hydrogen-bond donors (Lipinski definition) is 2. The molecule has 3 aromatic rings. The summed E-state index contributed by atoms with van der Waals surface area (Å²) < 4.78 is 3.00. The number of carbonyl (C=O) groups is 2. The molecule has 6 heteroatoms. The Bertz CT molecular complexity index is 945. The van der Waals surface area contributed by atoms with E-state index in [0.29, 0.717) is 11.4 Å². The van der Waals surface area contributed by atoms with Crippen molar-refractivity contribution in [3.8, 4) is 0 Å². The number of nitrogens with zero attached hydrogens (tertiary/aromatic N) is 1. The monoisotopic (exact) mass is 399 g/mol. The van der Waals surface area contributed by atoms with Crippen LogP contribution in [0, 0.1) is 6.92 Å². The zero-order valence-electron chi connectivity index (χ0n) is 14.0. The summed E-state index contributed by atoms with van der Waals surface area (Å²) in [6.45, 7) is 3.67. The van der Waals surface area contributed by atoms with Crippen LogP contribution in [0.25, 0.3) is 10.9 Å². The molecule has 2 N–H and O–H groups in total. The SMILES string of the molecule is CC(=O)Nc1ccc(NC(=O)Cn2c(C)c(Br)c3ccccc32)cc1. The van der Waals surface area contributed by atoms with E-state index in [9.17, 15) is 9.59 Å². The highest BCUT2D eigenvalue weighted by Gasteiger charge is 2.14. The van der Waals surface area contributed by atoms with Crippen molar-refractivity contribution in [2.75, 3.05) is 10.6 Å². The van der Waals surface area contributed by atoms with Gasteiger partial charge in [-0.25, -0.2) is 0 Å². The predicted molar refractivity (Wildman–Crippen MR) is 104 cm³/mol. The lowest BCUT2D eigenvalue weighted by Gasteiger charge is -2.10. The number of anilines is 2. The molecule has 2 amide bonds. The number of fused-ring (bicyclic) bond motifs is 1. The molecule has 0 aliphatic rings. The molecule has 0 saturated heterocycles. The van der Waals surface area contributed by atoms with Gasteiger partial charge in [-0.2, -0.15) is 0 Å². The van der Waals surface area contributed by atoms with Crippen molar-refractivity contribution >= 4 is 50.0 Å². The molecule has 0 radical (unpaired) electrons. The zero-order chi connectivity index (χ0) is 18.0. The van der Waals surface area contributed by atoms with Gasteiger partial charge < -0.3 is 15.2 Å². The number of nitrogens with one attached hydrogen (secondary N) is 2. The van der Waals surface area contributed by atoms with E-state index in [-0.39, 0.29) is 18.4 Å². The van der Waals surface area contributed by atoms with Crippen LogP contribution in [0.4, 0.5) is 11.4 Å². The minimum absolute atomic E-state index is 0.108. The average molecular weight is 400 g/mol. The minimum atomic E-state index is -0.127. The summed E-state index contributed by atoms with van der Waals surface area (Å²) in [7, 11) is 0. The molecule has 0 aliphatic heterocycles. The Kier molecular flexibility index (Phi) is 4.90. The van der Waals surface area contributed by atoms with Gasteiger partial charge in [-0.05, 0) is 53.2 Å². The van der Waals surface area contributed by atoms with Crippen LogP contribution in [-0.4, -0.2) is 16.4 Å². The maximum absolute atomic E-state index is 12.4. The van der Waals surface area contributed by atoms with E-state index in [4.69, 9.17) is 0 Å². The molecular formula is C19H18BrN3O2. The molecule has 25 heavy (non-hydrogen) atoms. The third kappa shape index (κ3) is 3.74. The summed E-state index contributed by atoms with van der Waals surface area (Å²) in [6, 6.07) is 15.0. The quantitative estimate of drug-likeness (QED) is 0.686.